The van der Waals surface area contributed by atoms with E-state index in [-0.39, 0.29) is 17.8 Å². The Balaban J connectivity index is 1.45. The third kappa shape index (κ3) is 3.02. The van der Waals surface area contributed by atoms with Crippen molar-refractivity contribution in [3.05, 3.63) is 67.8 Å². The first kappa shape index (κ1) is 17.4. The van der Waals surface area contributed by atoms with E-state index in [4.69, 9.17) is 3.07 Å². The van der Waals surface area contributed by atoms with Gasteiger partial charge in [0.15, 0.2) is 0 Å². The van der Waals surface area contributed by atoms with Gasteiger partial charge in [0, 0.05) is 0 Å². The predicted molar refractivity (Wildman–Crippen MR) is 111 cm³/mol. The molecule has 3 nitrogen and oxygen atoms in total. The van der Waals surface area contributed by atoms with Gasteiger partial charge in [-0.2, -0.15) is 0 Å². The summed E-state index contributed by atoms with van der Waals surface area (Å²) >= 11 is -2.30. The Hall–Kier alpha value is -1.69. The van der Waals surface area contributed by atoms with E-state index < -0.39 is 25.6 Å². The zero-order chi connectivity index (χ0) is 18.4. The van der Waals surface area contributed by atoms with Gasteiger partial charge in [0.2, 0.25) is 0 Å². The number of hydrogen-bond donors (Lipinski definition) is 0. The number of carbonyl (C=O) groups excluding carboxylic acids is 2. The molecule has 0 aromatic heterocycles. The molecule has 0 saturated heterocycles. The number of ketones is 1. The van der Waals surface area contributed by atoms with Gasteiger partial charge in [0.05, 0.1) is 0 Å². The van der Waals surface area contributed by atoms with Crippen LogP contribution in [0, 0.1) is 30.3 Å². The van der Waals surface area contributed by atoms with Gasteiger partial charge in [0.25, 0.3) is 0 Å². The molecular weight excluding hydrogens is 451 g/mol. The molecule has 2 unspecified atom stereocenters. The maximum atomic E-state index is 13.5. The van der Waals surface area contributed by atoms with Crippen LogP contribution in [0.3, 0.4) is 0 Å². The van der Waals surface area contributed by atoms with Crippen molar-refractivity contribution in [3.8, 4) is 0 Å². The van der Waals surface area contributed by atoms with E-state index in [0.717, 1.165) is 26.4 Å². The Morgan fingerprint density at radius 1 is 0.852 bits per heavy atom. The van der Waals surface area contributed by atoms with E-state index >= 15 is 0 Å². The van der Waals surface area contributed by atoms with Crippen molar-refractivity contribution in [2.24, 2.45) is 23.2 Å². The summed E-state index contributed by atoms with van der Waals surface area (Å²) in [6, 6.07) is 20.4. The molecule has 4 fully saturated rings. The van der Waals surface area contributed by atoms with Crippen LogP contribution in [-0.4, -0.2) is 11.8 Å². The number of rotatable bonds is 4. The predicted octanol–water partition coefficient (Wildman–Crippen LogP) is 5.09. The van der Waals surface area contributed by atoms with Gasteiger partial charge in [-0.05, 0) is 0 Å². The van der Waals surface area contributed by atoms with Gasteiger partial charge in [-0.3, -0.25) is 0 Å². The average molecular weight is 474 g/mol. The van der Waals surface area contributed by atoms with Crippen LogP contribution in [0.4, 0.5) is 0 Å². The monoisotopic (exact) mass is 474 g/mol. The molecule has 4 aliphatic carbocycles. The van der Waals surface area contributed by atoms with Gasteiger partial charge in [-0.1, -0.05) is 0 Å². The van der Waals surface area contributed by atoms with Crippen molar-refractivity contribution >= 4 is 32.0 Å². The van der Waals surface area contributed by atoms with Crippen LogP contribution in [0.25, 0.3) is 0 Å². The molecule has 6 rings (SSSR count). The fraction of sp³-hybridized carbons (Fsp3) is 0.391. The average Bonchev–Trinajstić information content (AvgIpc) is 2.70. The number of Topliss-reactive ketones (excluding diaryl/α,β-unsaturated/α-hetero) is 1. The fourth-order valence-electron chi connectivity index (χ4n) is 5.42. The van der Waals surface area contributed by atoms with Crippen LogP contribution in [0.1, 0.15) is 32.1 Å². The Labute approximate surface area is 167 Å². The van der Waals surface area contributed by atoms with Crippen molar-refractivity contribution < 1.29 is 12.7 Å². The zero-order valence-electron chi connectivity index (χ0n) is 15.1. The summed E-state index contributed by atoms with van der Waals surface area (Å²) in [5, 5.41) is 0. The first-order valence-corrected chi connectivity index (χ1v) is 12.8. The summed E-state index contributed by atoms with van der Waals surface area (Å²) in [5.41, 5.74) is -0.413. The molecule has 140 valence electrons. The van der Waals surface area contributed by atoms with E-state index in [1.807, 2.05) is 36.4 Å². The van der Waals surface area contributed by atoms with Gasteiger partial charge >= 0.3 is 168 Å². The third-order valence-electron chi connectivity index (χ3n) is 6.44. The second kappa shape index (κ2) is 6.73. The Bertz CT molecular complexity index is 806. The topological polar surface area (TPSA) is 43.4 Å². The van der Waals surface area contributed by atoms with Crippen LogP contribution in [0.15, 0.2) is 60.7 Å². The molecule has 0 aliphatic heterocycles. The summed E-state index contributed by atoms with van der Waals surface area (Å²) < 4.78 is 8.63. The van der Waals surface area contributed by atoms with E-state index in [9.17, 15) is 9.59 Å². The van der Waals surface area contributed by atoms with E-state index in [2.05, 4.69) is 24.3 Å². The van der Waals surface area contributed by atoms with Crippen LogP contribution < -0.4 is 0 Å². The molecule has 4 heteroatoms. The number of hydrogen-bond acceptors (Lipinski definition) is 3. The number of halogens is 1. The van der Waals surface area contributed by atoms with Crippen LogP contribution in [-0.2, 0) is 12.7 Å². The molecule has 4 saturated carbocycles. The zero-order valence-corrected chi connectivity index (χ0v) is 17.3. The molecule has 0 spiro atoms. The fourth-order valence-corrected chi connectivity index (χ4v) is 9.65. The van der Waals surface area contributed by atoms with Crippen LogP contribution in [0.5, 0.6) is 0 Å². The van der Waals surface area contributed by atoms with Gasteiger partial charge < -0.3 is 0 Å². The third-order valence-corrected chi connectivity index (χ3v) is 11.0. The molecule has 2 atom stereocenters. The summed E-state index contributed by atoms with van der Waals surface area (Å²) in [4.78, 5) is 25.9. The number of carbonyl (C=O) groups is 2. The number of benzene rings is 2. The molecule has 2 aromatic carbocycles. The Kier molecular flexibility index (Phi) is 4.34. The maximum absolute atomic E-state index is 13.5. The molecule has 0 heterocycles. The van der Waals surface area contributed by atoms with Gasteiger partial charge in [0.1, 0.15) is 0 Å². The molecule has 0 N–H and O–H groups in total. The van der Waals surface area contributed by atoms with Gasteiger partial charge in [-0.25, -0.2) is 0 Å². The summed E-state index contributed by atoms with van der Waals surface area (Å²) in [7, 11) is 0. The van der Waals surface area contributed by atoms with E-state index in [0.29, 0.717) is 24.5 Å². The van der Waals surface area contributed by atoms with Gasteiger partial charge in [-0.15, -0.1) is 0 Å². The molecule has 27 heavy (non-hydrogen) atoms. The minimum atomic E-state index is -2.30. The minimum absolute atomic E-state index is 0.0349. The molecular formula is C23H23IO3. The van der Waals surface area contributed by atoms with Crippen molar-refractivity contribution in [2.75, 3.05) is 0 Å². The normalized spacial score (nSPS) is 31.6. The second-order valence-corrected chi connectivity index (χ2v) is 12.6. The first-order chi connectivity index (χ1) is 13.1. The molecule has 0 radical (unpaired) electrons. The summed E-state index contributed by atoms with van der Waals surface area (Å²) in [5.74, 6) is 1.10. The van der Waals surface area contributed by atoms with Crippen LogP contribution in [0.2, 0.25) is 0 Å². The Morgan fingerprint density at radius 2 is 1.37 bits per heavy atom. The van der Waals surface area contributed by atoms with Crippen molar-refractivity contribution in [3.63, 3.8) is 0 Å². The van der Waals surface area contributed by atoms with Crippen molar-refractivity contribution in [1.82, 2.24) is 0 Å². The quantitative estimate of drug-likeness (QED) is 0.581. The molecule has 0 amide bonds. The SMILES string of the molecule is O=C1C2CC3CC1CC(C(=O)OI(c1ccccc1)c1ccccc1)(C3)C2. The molecule has 2 aromatic rings. The Morgan fingerprint density at radius 3 is 1.89 bits per heavy atom. The van der Waals surface area contributed by atoms with E-state index in [1.165, 1.54) is 0 Å². The van der Waals surface area contributed by atoms with Crippen molar-refractivity contribution in [2.45, 2.75) is 32.1 Å². The van der Waals surface area contributed by atoms with Crippen LogP contribution >= 0.6 is 20.2 Å². The second-order valence-electron chi connectivity index (χ2n) is 8.23. The summed E-state index contributed by atoms with van der Waals surface area (Å²) in [6.45, 7) is 0. The molecule has 4 bridgehead atoms. The van der Waals surface area contributed by atoms with Crippen molar-refractivity contribution in [1.29, 1.82) is 0 Å². The standard InChI is InChI=1S/C23H23IO3/c25-21-17-11-16-12-18(21)15-23(13-16,14-17)22(26)27-24(19-7-3-1-4-8-19)20-9-5-2-6-10-20/h1-10,16-18H,11-15H2. The molecule has 4 aliphatic rings. The van der Waals surface area contributed by atoms with E-state index in [1.54, 1.807) is 0 Å². The summed E-state index contributed by atoms with van der Waals surface area (Å²) in [6.07, 6.45) is 4.32. The first-order valence-electron chi connectivity index (χ1n) is 9.71.